The van der Waals surface area contributed by atoms with Crippen LogP contribution in [0.5, 0.6) is 0 Å². The molecule has 0 aliphatic carbocycles. The van der Waals surface area contributed by atoms with Crippen LogP contribution in [0.25, 0.3) is 0 Å². The SMILES string of the molecule is CC/C=C\C/C=C\C/C=C\C/C=C\C/C=C\CCCCCCOC(=O)OCCCCCCCC/C=C\C/C=C\CCCCC. The molecule has 0 heterocycles. The van der Waals surface area contributed by atoms with Gasteiger partial charge < -0.3 is 9.47 Å². The maximum Gasteiger partial charge on any atom is 0.508 e. The molecule has 0 radical (unpaired) electrons. The van der Waals surface area contributed by atoms with Crippen LogP contribution in [0.1, 0.15) is 155 Å². The van der Waals surface area contributed by atoms with Gasteiger partial charge in [0.2, 0.25) is 0 Å². The van der Waals surface area contributed by atoms with Crippen molar-refractivity contribution in [2.24, 2.45) is 0 Å². The maximum absolute atomic E-state index is 11.7. The summed E-state index contributed by atoms with van der Waals surface area (Å²) >= 11 is 0. The Balaban J connectivity index is 3.37. The van der Waals surface area contributed by atoms with E-state index in [1.807, 2.05) is 0 Å². The minimum Gasteiger partial charge on any atom is -0.434 e. The first-order valence-electron chi connectivity index (χ1n) is 18.2. The lowest BCUT2D eigenvalue weighted by molar-refractivity contribution is 0.0529. The lowest BCUT2D eigenvalue weighted by atomic mass is 10.1. The van der Waals surface area contributed by atoms with Crippen molar-refractivity contribution in [2.45, 2.75) is 155 Å². The van der Waals surface area contributed by atoms with Gasteiger partial charge >= 0.3 is 6.16 Å². The monoisotopic (exact) mass is 609 g/mol. The van der Waals surface area contributed by atoms with Crippen molar-refractivity contribution in [1.29, 1.82) is 0 Å². The molecule has 0 aromatic carbocycles. The zero-order chi connectivity index (χ0) is 31.9. The quantitative estimate of drug-likeness (QED) is 0.0446. The molecule has 0 amide bonds. The van der Waals surface area contributed by atoms with Crippen LogP contribution in [0, 0.1) is 0 Å². The second kappa shape index (κ2) is 38.5. The molecule has 0 saturated heterocycles. The van der Waals surface area contributed by atoms with Crippen LogP contribution in [0.15, 0.2) is 85.1 Å². The fourth-order valence-electron chi connectivity index (χ4n) is 4.53. The van der Waals surface area contributed by atoms with Gasteiger partial charge in [0.25, 0.3) is 0 Å². The predicted molar refractivity (Wildman–Crippen MR) is 194 cm³/mol. The molecule has 44 heavy (non-hydrogen) atoms. The van der Waals surface area contributed by atoms with E-state index in [2.05, 4.69) is 98.9 Å². The second-order valence-corrected chi connectivity index (χ2v) is 11.4. The Morgan fingerprint density at radius 3 is 1.09 bits per heavy atom. The number of rotatable bonds is 31. The van der Waals surface area contributed by atoms with Gasteiger partial charge in [0.05, 0.1) is 13.2 Å². The van der Waals surface area contributed by atoms with E-state index in [1.165, 1.54) is 70.6 Å². The van der Waals surface area contributed by atoms with Crippen LogP contribution in [-0.4, -0.2) is 19.4 Å². The van der Waals surface area contributed by atoms with E-state index in [1.54, 1.807) is 0 Å². The van der Waals surface area contributed by atoms with Gasteiger partial charge in [-0.25, -0.2) is 4.79 Å². The average molecular weight is 609 g/mol. The Bertz CT molecular complexity index is 797. The van der Waals surface area contributed by atoms with Crippen molar-refractivity contribution in [2.75, 3.05) is 13.2 Å². The highest BCUT2D eigenvalue weighted by Gasteiger charge is 2.03. The molecule has 0 bridgehead atoms. The molecule has 0 N–H and O–H groups in total. The lowest BCUT2D eigenvalue weighted by Gasteiger charge is -2.06. The van der Waals surface area contributed by atoms with Crippen LogP contribution in [0.3, 0.4) is 0 Å². The van der Waals surface area contributed by atoms with Gasteiger partial charge in [-0.05, 0) is 89.9 Å². The number of hydrogen-bond acceptors (Lipinski definition) is 3. The van der Waals surface area contributed by atoms with Gasteiger partial charge in [-0.3, -0.25) is 0 Å². The van der Waals surface area contributed by atoms with Crippen molar-refractivity contribution in [3.8, 4) is 0 Å². The molecule has 0 saturated carbocycles. The molecule has 0 unspecified atom stereocenters. The summed E-state index contributed by atoms with van der Waals surface area (Å²) in [6.45, 7) is 5.35. The van der Waals surface area contributed by atoms with Gasteiger partial charge in [-0.1, -0.05) is 150 Å². The minimum atomic E-state index is -0.508. The number of allylic oxidation sites excluding steroid dienone is 14. The first-order valence-corrected chi connectivity index (χ1v) is 18.2. The zero-order valence-electron chi connectivity index (χ0n) is 28.8. The molecule has 3 nitrogen and oxygen atoms in total. The van der Waals surface area contributed by atoms with E-state index >= 15 is 0 Å². The molecule has 3 heteroatoms. The van der Waals surface area contributed by atoms with Crippen LogP contribution >= 0.6 is 0 Å². The first-order chi connectivity index (χ1) is 21.8. The summed E-state index contributed by atoms with van der Waals surface area (Å²) in [5.41, 5.74) is 0. The normalized spacial score (nSPS) is 12.6. The summed E-state index contributed by atoms with van der Waals surface area (Å²) in [4.78, 5) is 11.7. The second-order valence-electron chi connectivity index (χ2n) is 11.4. The van der Waals surface area contributed by atoms with Crippen LogP contribution < -0.4 is 0 Å². The predicted octanol–water partition coefficient (Wildman–Crippen LogP) is 13.7. The molecular formula is C41H68O3. The highest BCUT2D eigenvalue weighted by Crippen LogP contribution is 2.09. The summed E-state index contributed by atoms with van der Waals surface area (Å²) in [5.74, 6) is 0. The highest BCUT2D eigenvalue weighted by atomic mass is 16.7. The summed E-state index contributed by atoms with van der Waals surface area (Å²) < 4.78 is 10.4. The van der Waals surface area contributed by atoms with E-state index in [9.17, 15) is 4.79 Å². The number of carbonyl (C=O) groups excluding carboxylic acids is 1. The van der Waals surface area contributed by atoms with E-state index < -0.39 is 6.16 Å². The van der Waals surface area contributed by atoms with Crippen molar-refractivity contribution in [1.82, 2.24) is 0 Å². The fourth-order valence-corrected chi connectivity index (χ4v) is 4.53. The van der Waals surface area contributed by atoms with Gasteiger partial charge in [0.15, 0.2) is 0 Å². The minimum absolute atomic E-state index is 0.462. The van der Waals surface area contributed by atoms with Gasteiger partial charge in [-0.2, -0.15) is 0 Å². The summed E-state index contributed by atoms with van der Waals surface area (Å²) in [6, 6.07) is 0. The molecule has 0 aliphatic rings. The van der Waals surface area contributed by atoms with Crippen LogP contribution in [0.2, 0.25) is 0 Å². The van der Waals surface area contributed by atoms with E-state index in [0.29, 0.717) is 13.2 Å². The van der Waals surface area contributed by atoms with E-state index in [0.717, 1.165) is 70.6 Å². The summed E-state index contributed by atoms with van der Waals surface area (Å²) in [7, 11) is 0. The Morgan fingerprint density at radius 1 is 0.386 bits per heavy atom. The van der Waals surface area contributed by atoms with Gasteiger partial charge in [0, 0.05) is 0 Å². The van der Waals surface area contributed by atoms with E-state index in [4.69, 9.17) is 9.47 Å². The topological polar surface area (TPSA) is 35.5 Å². The van der Waals surface area contributed by atoms with Crippen molar-refractivity contribution in [3.63, 3.8) is 0 Å². The standard InChI is InChI=1S/C41H68O3/c1-3-5-7-9-11-13-15-17-19-21-22-23-24-26-28-30-32-34-36-38-40-44-41(42)43-39-37-35-33-31-29-27-25-20-18-16-14-12-10-8-6-4-2/h5,7,11-14,17-20,22-23,26,28H,3-4,6,8-10,15-16,21,24-25,27,29-40H2,1-2H3/b7-5-,13-11-,14-12-,19-17-,20-18-,23-22-,28-26-. The third kappa shape index (κ3) is 37.5. The molecule has 0 aliphatic heterocycles. The highest BCUT2D eigenvalue weighted by molar-refractivity contribution is 5.59. The number of carbonyl (C=O) groups is 1. The molecule has 0 rings (SSSR count). The molecule has 0 atom stereocenters. The summed E-state index contributed by atoms with van der Waals surface area (Å²) in [6.07, 6.45) is 56.2. The average Bonchev–Trinajstić information content (AvgIpc) is 3.03. The molecule has 0 fully saturated rings. The molecule has 0 spiro atoms. The smallest absolute Gasteiger partial charge is 0.434 e. The maximum atomic E-state index is 11.7. The third-order valence-electron chi connectivity index (χ3n) is 7.21. The largest absolute Gasteiger partial charge is 0.508 e. The Labute approximate surface area is 273 Å². The number of unbranched alkanes of at least 4 members (excludes halogenated alkanes) is 13. The first kappa shape index (κ1) is 41.4. The lowest BCUT2D eigenvalue weighted by Crippen LogP contribution is -2.09. The Hall–Kier alpha value is -2.55. The number of ether oxygens (including phenoxy) is 2. The van der Waals surface area contributed by atoms with Crippen molar-refractivity contribution >= 4 is 6.16 Å². The summed E-state index contributed by atoms with van der Waals surface area (Å²) in [5, 5.41) is 0. The fraction of sp³-hybridized carbons (Fsp3) is 0.634. The van der Waals surface area contributed by atoms with Crippen LogP contribution in [-0.2, 0) is 9.47 Å². The van der Waals surface area contributed by atoms with Gasteiger partial charge in [-0.15, -0.1) is 0 Å². The Kier molecular flexibility index (Phi) is 36.2. The van der Waals surface area contributed by atoms with E-state index in [-0.39, 0.29) is 0 Å². The molecule has 0 aromatic heterocycles. The Morgan fingerprint density at radius 2 is 0.705 bits per heavy atom. The van der Waals surface area contributed by atoms with Crippen molar-refractivity contribution < 1.29 is 14.3 Å². The molecular weight excluding hydrogens is 540 g/mol. The van der Waals surface area contributed by atoms with Gasteiger partial charge in [0.1, 0.15) is 0 Å². The van der Waals surface area contributed by atoms with Crippen LogP contribution in [0.4, 0.5) is 4.79 Å². The van der Waals surface area contributed by atoms with Crippen molar-refractivity contribution in [3.05, 3.63) is 85.1 Å². The number of hydrogen-bond donors (Lipinski definition) is 0. The molecule has 0 aromatic rings. The zero-order valence-corrected chi connectivity index (χ0v) is 28.8. The molecule has 250 valence electrons. The third-order valence-corrected chi connectivity index (χ3v) is 7.21.